The number of piperazine rings is 1. The second-order valence-corrected chi connectivity index (χ2v) is 7.51. The molecule has 1 heterocycles. The quantitative estimate of drug-likeness (QED) is 0.330. The molecule has 2 aromatic carbocycles. The number of para-hydroxylation sites is 1. The van der Waals surface area contributed by atoms with Crippen LogP contribution in [0.1, 0.15) is 5.56 Å². The van der Waals surface area contributed by atoms with Crippen LogP contribution in [0.3, 0.4) is 0 Å². The summed E-state index contributed by atoms with van der Waals surface area (Å²) in [7, 11) is 3.44. The van der Waals surface area contributed by atoms with E-state index in [1.165, 1.54) is 22.7 Å². The minimum Gasteiger partial charge on any atom is -0.368 e. The molecule has 1 fully saturated rings. The highest BCUT2D eigenvalue weighted by Crippen LogP contribution is 2.16. The van der Waals surface area contributed by atoms with E-state index >= 15 is 0 Å². The Balaban J connectivity index is 1.67. The fraction of sp³-hybridized carbons (Fsp3) is 0.364. The van der Waals surface area contributed by atoms with Crippen LogP contribution in [0.4, 0.5) is 11.4 Å². The largest absolute Gasteiger partial charge is 0.368 e. The van der Waals surface area contributed by atoms with Gasteiger partial charge in [-0.1, -0.05) is 30.3 Å². The third-order valence-electron chi connectivity index (χ3n) is 5.16. The molecule has 1 amide bonds. The van der Waals surface area contributed by atoms with E-state index in [0.717, 1.165) is 31.7 Å². The second-order valence-electron chi connectivity index (χ2n) is 7.51. The number of carbonyl (C=O) groups excluding carboxylic acids is 1. The first kappa shape index (κ1) is 22.1. The lowest BCUT2D eigenvalue weighted by Crippen LogP contribution is -2.53. The molecule has 0 unspecified atom stereocenters. The molecule has 0 saturated carbocycles. The number of guanidine groups is 1. The minimum absolute atomic E-state index is 0.0362. The van der Waals surface area contributed by atoms with Crippen molar-refractivity contribution in [2.24, 2.45) is 4.99 Å². The minimum atomic E-state index is -0.418. The van der Waals surface area contributed by atoms with Gasteiger partial charge in [-0.2, -0.15) is 0 Å². The average molecular weight is 425 g/mol. The molecule has 0 atom stereocenters. The zero-order valence-electron chi connectivity index (χ0n) is 17.9. The van der Waals surface area contributed by atoms with Crippen LogP contribution in [0.5, 0.6) is 0 Å². The Labute approximate surface area is 182 Å². The molecule has 1 aliphatic heterocycles. The highest BCUT2D eigenvalue weighted by atomic mass is 16.6. The van der Waals surface area contributed by atoms with Gasteiger partial charge in [-0.25, -0.2) is 4.99 Å². The monoisotopic (exact) mass is 424 g/mol. The first-order valence-electron chi connectivity index (χ1n) is 10.2. The molecule has 3 rings (SSSR count). The number of nitrogens with one attached hydrogen (secondary N) is 1. The van der Waals surface area contributed by atoms with Gasteiger partial charge in [-0.3, -0.25) is 14.9 Å². The van der Waals surface area contributed by atoms with Crippen LogP contribution in [0.2, 0.25) is 0 Å². The molecule has 2 aromatic rings. The number of anilines is 1. The third-order valence-corrected chi connectivity index (χ3v) is 5.16. The molecule has 1 N–H and O–H groups in total. The van der Waals surface area contributed by atoms with E-state index in [9.17, 15) is 14.9 Å². The van der Waals surface area contributed by atoms with Crippen LogP contribution in [-0.4, -0.2) is 73.4 Å². The van der Waals surface area contributed by atoms with Crippen LogP contribution >= 0.6 is 0 Å². The van der Waals surface area contributed by atoms with Gasteiger partial charge in [0.25, 0.3) is 5.69 Å². The summed E-state index contributed by atoms with van der Waals surface area (Å²) >= 11 is 0. The number of aliphatic imine (C=N–C) groups is 1. The third kappa shape index (κ3) is 6.18. The maximum absolute atomic E-state index is 12.1. The van der Waals surface area contributed by atoms with Gasteiger partial charge >= 0.3 is 0 Å². The number of likely N-dealkylation sites (N-methyl/N-ethyl adjacent to an activating group) is 1. The summed E-state index contributed by atoms with van der Waals surface area (Å²) in [6.45, 7) is 3.78. The number of nitrogens with zero attached hydrogens (tertiary/aromatic N) is 5. The van der Waals surface area contributed by atoms with Crippen molar-refractivity contribution in [3.05, 3.63) is 70.3 Å². The fourth-order valence-corrected chi connectivity index (χ4v) is 3.28. The van der Waals surface area contributed by atoms with Crippen molar-refractivity contribution in [3.63, 3.8) is 0 Å². The Morgan fingerprint density at radius 3 is 2.29 bits per heavy atom. The normalized spacial score (nSPS) is 14.3. The van der Waals surface area contributed by atoms with Crippen molar-refractivity contribution in [2.45, 2.75) is 6.54 Å². The van der Waals surface area contributed by atoms with Crippen LogP contribution in [0.25, 0.3) is 0 Å². The topological polar surface area (TPSA) is 94.3 Å². The Kier molecular flexibility index (Phi) is 7.42. The lowest BCUT2D eigenvalue weighted by atomic mass is 10.2. The molecule has 9 nitrogen and oxygen atoms in total. The van der Waals surface area contributed by atoms with Crippen LogP contribution < -0.4 is 10.2 Å². The molecular weight excluding hydrogens is 396 g/mol. The molecular formula is C22H28N6O3. The number of non-ortho nitro benzene ring substituents is 1. The molecule has 0 bridgehead atoms. The maximum atomic E-state index is 12.1. The van der Waals surface area contributed by atoms with Gasteiger partial charge in [-0.15, -0.1) is 0 Å². The number of hydrogen-bond donors (Lipinski definition) is 1. The van der Waals surface area contributed by atoms with E-state index in [4.69, 9.17) is 4.99 Å². The summed E-state index contributed by atoms with van der Waals surface area (Å²) in [6.07, 6.45) is 0. The van der Waals surface area contributed by atoms with Gasteiger partial charge in [0.2, 0.25) is 5.91 Å². The lowest BCUT2D eigenvalue weighted by molar-refractivity contribution is -0.384. The van der Waals surface area contributed by atoms with E-state index in [1.807, 2.05) is 18.2 Å². The van der Waals surface area contributed by atoms with Crippen molar-refractivity contribution in [2.75, 3.05) is 51.7 Å². The molecule has 1 saturated heterocycles. The summed E-state index contributed by atoms with van der Waals surface area (Å²) < 4.78 is 0. The van der Waals surface area contributed by atoms with Gasteiger partial charge in [-0.05, 0) is 17.7 Å². The molecule has 164 valence electrons. The molecule has 0 aromatic heterocycles. The van der Waals surface area contributed by atoms with Crippen molar-refractivity contribution in [1.29, 1.82) is 0 Å². The van der Waals surface area contributed by atoms with Crippen LogP contribution in [0.15, 0.2) is 59.6 Å². The van der Waals surface area contributed by atoms with Crippen molar-refractivity contribution in [3.8, 4) is 0 Å². The zero-order chi connectivity index (χ0) is 22.2. The number of nitro groups is 1. The fourth-order valence-electron chi connectivity index (χ4n) is 3.28. The highest BCUT2D eigenvalue weighted by molar-refractivity contribution is 5.86. The molecule has 0 aliphatic carbocycles. The number of benzene rings is 2. The summed E-state index contributed by atoms with van der Waals surface area (Å²) in [4.78, 5) is 33.2. The standard InChI is InChI=1S/C22H28N6O3/c1-25(2)21(29)17-24-22(23-16-18-8-10-20(11-9-18)28(30)31)27-14-12-26(13-15-27)19-6-4-3-5-7-19/h3-11H,12-17H2,1-2H3,(H,23,24). The van der Waals surface area contributed by atoms with Crippen LogP contribution in [0, 0.1) is 10.1 Å². The Hall–Kier alpha value is -3.62. The molecule has 0 spiro atoms. The van der Waals surface area contributed by atoms with E-state index in [2.05, 4.69) is 27.2 Å². The summed E-state index contributed by atoms with van der Waals surface area (Å²) in [5.74, 6) is 0.632. The number of carbonyl (C=O) groups is 1. The van der Waals surface area contributed by atoms with E-state index in [0.29, 0.717) is 12.5 Å². The Bertz CT molecular complexity index is 907. The van der Waals surface area contributed by atoms with E-state index < -0.39 is 4.92 Å². The summed E-state index contributed by atoms with van der Waals surface area (Å²) in [5.41, 5.74) is 2.12. The predicted octanol–water partition coefficient (Wildman–Crippen LogP) is 1.95. The molecule has 1 aliphatic rings. The van der Waals surface area contributed by atoms with Gasteiger partial charge in [0.1, 0.15) is 0 Å². The van der Waals surface area contributed by atoms with Crippen molar-refractivity contribution in [1.82, 2.24) is 15.1 Å². The predicted molar refractivity (Wildman–Crippen MR) is 121 cm³/mol. The smallest absolute Gasteiger partial charge is 0.269 e. The molecule has 9 heteroatoms. The highest BCUT2D eigenvalue weighted by Gasteiger charge is 2.20. The Morgan fingerprint density at radius 1 is 1.06 bits per heavy atom. The van der Waals surface area contributed by atoms with Gasteiger partial charge in [0.05, 0.1) is 18.0 Å². The SMILES string of the molecule is CN(C)C(=O)CNC(=NCc1ccc([N+](=O)[O-])cc1)N1CCN(c2ccccc2)CC1. The second kappa shape index (κ2) is 10.4. The van der Waals surface area contributed by atoms with Gasteiger partial charge in [0.15, 0.2) is 5.96 Å². The number of rotatable bonds is 6. The number of hydrogen-bond acceptors (Lipinski definition) is 5. The van der Waals surface area contributed by atoms with Crippen LogP contribution in [-0.2, 0) is 11.3 Å². The van der Waals surface area contributed by atoms with Gasteiger partial charge in [0, 0.05) is 58.1 Å². The zero-order valence-corrected chi connectivity index (χ0v) is 17.9. The average Bonchev–Trinajstić information content (AvgIpc) is 2.80. The summed E-state index contributed by atoms with van der Waals surface area (Å²) in [6, 6.07) is 16.7. The van der Waals surface area contributed by atoms with E-state index in [-0.39, 0.29) is 18.1 Å². The first-order chi connectivity index (χ1) is 14.9. The van der Waals surface area contributed by atoms with E-state index in [1.54, 1.807) is 26.2 Å². The summed E-state index contributed by atoms with van der Waals surface area (Å²) in [5, 5.41) is 14.0. The first-order valence-corrected chi connectivity index (χ1v) is 10.2. The van der Waals surface area contributed by atoms with Gasteiger partial charge < -0.3 is 20.0 Å². The lowest BCUT2D eigenvalue weighted by Gasteiger charge is -2.37. The molecule has 0 radical (unpaired) electrons. The maximum Gasteiger partial charge on any atom is 0.269 e. The van der Waals surface area contributed by atoms with Crippen molar-refractivity contribution < 1.29 is 9.72 Å². The van der Waals surface area contributed by atoms with Crippen molar-refractivity contribution >= 4 is 23.2 Å². The number of nitro benzene ring substituents is 1. The number of amides is 1. The Morgan fingerprint density at radius 2 is 1.71 bits per heavy atom. The molecule has 31 heavy (non-hydrogen) atoms.